The van der Waals surface area contributed by atoms with Gasteiger partial charge in [0, 0.05) is 20.7 Å². The Kier molecular flexibility index (Phi) is 6.87. The number of rotatable bonds is 7. The molecule has 1 aliphatic rings. The van der Waals surface area contributed by atoms with E-state index in [1.165, 1.54) is 0 Å². The molecule has 24 heavy (non-hydrogen) atoms. The average molecular weight is 360 g/mol. The first-order chi connectivity index (χ1) is 10.8. The predicted octanol–water partition coefficient (Wildman–Crippen LogP) is 3.49. The molecule has 0 aromatic heterocycles. The van der Waals surface area contributed by atoms with Gasteiger partial charge in [-0.1, -0.05) is 19.6 Å². The minimum absolute atomic E-state index is 0.184. The maximum Gasteiger partial charge on any atom is 0.407 e. The van der Waals surface area contributed by atoms with Gasteiger partial charge in [-0.15, -0.1) is 0 Å². The van der Waals surface area contributed by atoms with Crippen molar-refractivity contribution in [1.82, 2.24) is 5.32 Å². The third-order valence-electron chi connectivity index (χ3n) is 4.16. The third-order valence-corrected chi connectivity index (χ3v) is 5.86. The number of carbonyl (C=O) groups excluding carboxylic acids is 1. The lowest BCUT2D eigenvalue weighted by Gasteiger charge is -2.26. The van der Waals surface area contributed by atoms with Crippen molar-refractivity contribution in [3.05, 3.63) is 0 Å². The molecule has 1 rings (SSSR count). The van der Waals surface area contributed by atoms with Gasteiger partial charge in [-0.05, 0) is 46.1 Å². The first-order valence-corrected chi connectivity index (χ1v) is 12.3. The summed E-state index contributed by atoms with van der Waals surface area (Å²) in [6.07, 6.45) is 1.03. The first-order valence-electron chi connectivity index (χ1n) is 8.64. The van der Waals surface area contributed by atoms with Gasteiger partial charge < -0.3 is 19.9 Å². The molecule has 0 heterocycles. The summed E-state index contributed by atoms with van der Waals surface area (Å²) in [6.45, 7) is 13.0. The molecule has 1 unspecified atom stereocenters. The Balaban J connectivity index is 2.52. The molecule has 2 atom stereocenters. The van der Waals surface area contributed by atoms with Crippen LogP contribution in [0.25, 0.3) is 0 Å². The first kappa shape index (κ1) is 21.0. The lowest BCUT2D eigenvalue weighted by molar-refractivity contribution is -0.152. The smallest absolute Gasteiger partial charge is 0.407 e. The van der Waals surface area contributed by atoms with Crippen LogP contribution in [0.5, 0.6) is 0 Å². The Morgan fingerprint density at radius 3 is 2.42 bits per heavy atom. The number of hydrogen-bond donors (Lipinski definition) is 2. The summed E-state index contributed by atoms with van der Waals surface area (Å²) in [4.78, 5) is 23.6. The van der Waals surface area contributed by atoms with E-state index in [0.717, 1.165) is 6.04 Å². The van der Waals surface area contributed by atoms with Crippen molar-refractivity contribution in [3.8, 4) is 0 Å². The second-order valence-corrected chi connectivity index (χ2v) is 14.7. The van der Waals surface area contributed by atoms with E-state index in [9.17, 15) is 14.7 Å². The zero-order chi connectivity index (χ0) is 18.6. The molecule has 1 amide bonds. The second-order valence-electron chi connectivity index (χ2n) is 9.03. The zero-order valence-electron chi connectivity index (χ0n) is 15.9. The number of amides is 1. The van der Waals surface area contributed by atoms with E-state index in [-0.39, 0.29) is 12.6 Å². The van der Waals surface area contributed by atoms with Crippen LogP contribution in [-0.2, 0) is 14.3 Å². The van der Waals surface area contributed by atoms with Crippen molar-refractivity contribution in [2.24, 2.45) is 5.41 Å². The van der Waals surface area contributed by atoms with Crippen LogP contribution in [0.1, 0.15) is 40.0 Å². The number of nitrogens with one attached hydrogen (secondary N) is 1. The Hall–Kier alpha value is -1.08. The van der Waals surface area contributed by atoms with Gasteiger partial charge in [0.15, 0.2) is 0 Å². The summed E-state index contributed by atoms with van der Waals surface area (Å²) in [6, 6.07) is 0.832. The van der Waals surface area contributed by atoms with Gasteiger partial charge in [0.1, 0.15) is 5.60 Å². The molecule has 0 spiro atoms. The minimum atomic E-state index is -1.19. The van der Waals surface area contributed by atoms with Crippen LogP contribution in [-0.4, -0.2) is 50.1 Å². The number of alkyl carbamates (subject to hydrolysis) is 1. The van der Waals surface area contributed by atoms with E-state index in [4.69, 9.17) is 9.47 Å². The molecule has 0 aromatic carbocycles. The lowest BCUT2D eigenvalue weighted by Crippen LogP contribution is -2.40. The van der Waals surface area contributed by atoms with Gasteiger partial charge in [-0.3, -0.25) is 4.79 Å². The Morgan fingerprint density at radius 2 is 1.92 bits per heavy atom. The highest BCUT2D eigenvalue weighted by atomic mass is 28.3. The average Bonchev–Trinajstić information content (AvgIpc) is 2.76. The molecular weight excluding hydrogens is 326 g/mol. The summed E-state index contributed by atoms with van der Waals surface area (Å²) in [7, 11) is -1.19. The fourth-order valence-electron chi connectivity index (χ4n) is 2.76. The van der Waals surface area contributed by atoms with Crippen LogP contribution in [0.3, 0.4) is 0 Å². The van der Waals surface area contributed by atoms with E-state index < -0.39 is 31.2 Å². The second kappa shape index (κ2) is 7.87. The van der Waals surface area contributed by atoms with Crippen molar-refractivity contribution < 1.29 is 24.2 Å². The maximum atomic E-state index is 11.9. The van der Waals surface area contributed by atoms with Crippen LogP contribution in [0.4, 0.5) is 4.79 Å². The standard InChI is InChI=1S/C17H33NO5Si/c1-16(2,3)23-15(21)18-13-7-8-17(11-13,14(19)20)12-22-9-10-24(4,5)6/h13H,7-12H2,1-6H3,(H,18,21)(H,19,20)/t13-,17?/m1/s1. The van der Waals surface area contributed by atoms with Crippen molar-refractivity contribution >= 4 is 20.1 Å². The van der Waals surface area contributed by atoms with Crippen LogP contribution < -0.4 is 5.32 Å². The van der Waals surface area contributed by atoms with Crippen LogP contribution in [0, 0.1) is 5.41 Å². The van der Waals surface area contributed by atoms with Gasteiger partial charge in [0.05, 0.1) is 12.0 Å². The minimum Gasteiger partial charge on any atom is -0.481 e. The molecule has 1 fully saturated rings. The number of hydrogen-bond acceptors (Lipinski definition) is 4. The van der Waals surface area contributed by atoms with Crippen LogP contribution in [0.15, 0.2) is 0 Å². The molecule has 0 bridgehead atoms. The van der Waals surface area contributed by atoms with Crippen LogP contribution in [0.2, 0.25) is 25.7 Å². The number of carbonyl (C=O) groups is 2. The SMILES string of the molecule is CC(C)(C)OC(=O)N[C@@H]1CCC(COCC[Si](C)(C)C)(C(=O)O)C1. The molecular formula is C17H33NO5Si. The zero-order valence-corrected chi connectivity index (χ0v) is 16.9. The van der Waals surface area contributed by atoms with E-state index >= 15 is 0 Å². The van der Waals surface area contributed by atoms with E-state index in [1.54, 1.807) is 20.8 Å². The molecule has 6 nitrogen and oxygen atoms in total. The van der Waals surface area contributed by atoms with Crippen molar-refractivity contribution in [1.29, 1.82) is 0 Å². The molecule has 140 valence electrons. The molecule has 0 aromatic rings. The number of carboxylic acid groups (broad SMARTS) is 1. The largest absolute Gasteiger partial charge is 0.481 e. The van der Waals surface area contributed by atoms with E-state index in [1.807, 2.05) is 0 Å². The van der Waals surface area contributed by atoms with Gasteiger partial charge in [-0.2, -0.15) is 0 Å². The Bertz CT molecular complexity index is 455. The van der Waals surface area contributed by atoms with Crippen molar-refractivity contribution in [2.75, 3.05) is 13.2 Å². The molecule has 0 radical (unpaired) electrons. The van der Waals surface area contributed by atoms with Crippen molar-refractivity contribution in [3.63, 3.8) is 0 Å². The van der Waals surface area contributed by atoms with Gasteiger partial charge in [0.2, 0.25) is 0 Å². The summed E-state index contributed by atoms with van der Waals surface area (Å²) < 4.78 is 10.9. The highest BCUT2D eigenvalue weighted by molar-refractivity contribution is 6.76. The number of carboxylic acids is 1. The van der Waals surface area contributed by atoms with Gasteiger partial charge >= 0.3 is 12.1 Å². The summed E-state index contributed by atoms with van der Waals surface area (Å²) >= 11 is 0. The van der Waals surface area contributed by atoms with E-state index in [0.29, 0.717) is 25.9 Å². The third kappa shape index (κ3) is 7.21. The molecule has 1 saturated carbocycles. The van der Waals surface area contributed by atoms with E-state index in [2.05, 4.69) is 25.0 Å². The molecule has 2 N–H and O–H groups in total. The number of ether oxygens (including phenoxy) is 2. The maximum absolute atomic E-state index is 11.9. The molecule has 0 aliphatic heterocycles. The highest BCUT2D eigenvalue weighted by Gasteiger charge is 2.46. The predicted molar refractivity (Wildman–Crippen MR) is 96.0 cm³/mol. The number of aliphatic carboxylic acids is 1. The Morgan fingerprint density at radius 1 is 1.29 bits per heavy atom. The normalized spacial score (nSPS) is 24.7. The highest BCUT2D eigenvalue weighted by Crippen LogP contribution is 2.39. The van der Waals surface area contributed by atoms with Crippen LogP contribution >= 0.6 is 0 Å². The summed E-state index contributed by atoms with van der Waals surface area (Å²) in [5.41, 5.74) is -1.47. The molecule has 7 heteroatoms. The monoisotopic (exact) mass is 359 g/mol. The summed E-state index contributed by atoms with van der Waals surface area (Å²) in [5, 5.41) is 12.4. The van der Waals surface area contributed by atoms with Crippen molar-refractivity contribution in [2.45, 2.75) is 77.4 Å². The van der Waals surface area contributed by atoms with Gasteiger partial charge in [0.25, 0.3) is 0 Å². The quantitative estimate of drug-likeness (QED) is 0.537. The molecule has 0 saturated heterocycles. The fraction of sp³-hybridized carbons (Fsp3) is 0.882. The topological polar surface area (TPSA) is 84.9 Å². The van der Waals surface area contributed by atoms with Gasteiger partial charge in [-0.25, -0.2) is 4.79 Å². The lowest BCUT2D eigenvalue weighted by atomic mass is 9.87. The fourth-order valence-corrected chi connectivity index (χ4v) is 3.51. The summed E-state index contributed by atoms with van der Waals surface area (Å²) in [5.74, 6) is -0.844. The molecule has 1 aliphatic carbocycles. The Labute approximate surface area is 146 Å².